The molecule has 6 nitrogen and oxygen atoms in total. The largest absolute Gasteiger partial charge is 0.495 e. The lowest BCUT2D eigenvalue weighted by atomic mass is 10.2. The molecule has 0 saturated heterocycles. The number of amides is 1. The Morgan fingerprint density at radius 2 is 2.26 bits per heavy atom. The van der Waals surface area contributed by atoms with Crippen molar-refractivity contribution in [3.05, 3.63) is 35.9 Å². The molecule has 0 atom stereocenters. The van der Waals surface area contributed by atoms with Crippen LogP contribution in [0.25, 0.3) is 5.69 Å². The third-order valence-corrected chi connectivity index (χ3v) is 2.59. The molecule has 100 valence electrons. The summed E-state index contributed by atoms with van der Waals surface area (Å²) in [5.41, 5.74) is 6.14. The van der Waals surface area contributed by atoms with Crippen molar-refractivity contribution in [2.24, 2.45) is 0 Å². The van der Waals surface area contributed by atoms with E-state index in [9.17, 15) is 9.18 Å². The molecule has 0 radical (unpaired) electrons. The number of hydrogen-bond donors (Lipinski definition) is 2. The van der Waals surface area contributed by atoms with Gasteiger partial charge in [0.15, 0.2) is 11.5 Å². The summed E-state index contributed by atoms with van der Waals surface area (Å²) < 4.78 is 20.1. The number of halogens is 1. The summed E-state index contributed by atoms with van der Waals surface area (Å²) in [4.78, 5) is 11.4. The van der Waals surface area contributed by atoms with Crippen LogP contribution >= 0.6 is 0 Å². The van der Waals surface area contributed by atoms with E-state index < -0.39 is 5.82 Å². The van der Waals surface area contributed by atoms with E-state index in [4.69, 9.17) is 10.5 Å². The Balaban J connectivity index is 2.47. The molecule has 0 bridgehead atoms. The highest BCUT2D eigenvalue weighted by atomic mass is 19.1. The standard InChI is InChI=1S/C12H13FN4O2/c1-15-12(18)9-3-4-17(16-9)10-6-11(19-2)8(14)5-7(10)13/h3-6H,14H2,1-2H3,(H,15,18). The molecule has 1 aromatic carbocycles. The van der Waals surface area contributed by atoms with Crippen molar-refractivity contribution in [3.63, 3.8) is 0 Å². The van der Waals surface area contributed by atoms with Gasteiger partial charge in [-0.15, -0.1) is 0 Å². The Morgan fingerprint density at radius 3 is 2.89 bits per heavy atom. The molecule has 0 saturated carbocycles. The van der Waals surface area contributed by atoms with Crippen molar-refractivity contribution in [3.8, 4) is 11.4 Å². The van der Waals surface area contributed by atoms with E-state index >= 15 is 0 Å². The van der Waals surface area contributed by atoms with Crippen molar-refractivity contribution in [2.75, 3.05) is 19.9 Å². The molecule has 7 heteroatoms. The molecule has 2 aromatic rings. The van der Waals surface area contributed by atoms with Gasteiger partial charge < -0.3 is 15.8 Å². The van der Waals surface area contributed by atoms with Crippen molar-refractivity contribution in [1.82, 2.24) is 15.1 Å². The highest BCUT2D eigenvalue weighted by Gasteiger charge is 2.13. The Morgan fingerprint density at radius 1 is 1.53 bits per heavy atom. The third kappa shape index (κ3) is 2.35. The van der Waals surface area contributed by atoms with E-state index in [0.717, 1.165) is 6.07 Å². The number of ether oxygens (including phenoxy) is 1. The first-order valence-corrected chi connectivity index (χ1v) is 5.48. The summed E-state index contributed by atoms with van der Waals surface area (Å²) in [5.74, 6) is -0.556. The number of nitrogens with two attached hydrogens (primary N) is 1. The zero-order chi connectivity index (χ0) is 14.0. The molecule has 0 aliphatic rings. The van der Waals surface area contributed by atoms with Crippen LogP contribution in [-0.2, 0) is 0 Å². The van der Waals surface area contributed by atoms with Gasteiger partial charge in [0.1, 0.15) is 11.4 Å². The number of carbonyl (C=O) groups excluding carboxylic acids is 1. The van der Waals surface area contributed by atoms with E-state index in [-0.39, 0.29) is 23.0 Å². The lowest BCUT2D eigenvalue weighted by Crippen LogP contribution is -2.18. The molecule has 1 aromatic heterocycles. The van der Waals surface area contributed by atoms with E-state index in [1.54, 1.807) is 0 Å². The van der Waals surface area contributed by atoms with Gasteiger partial charge in [0.2, 0.25) is 0 Å². The van der Waals surface area contributed by atoms with Crippen LogP contribution in [0.4, 0.5) is 10.1 Å². The minimum atomic E-state index is -0.551. The number of hydrogen-bond acceptors (Lipinski definition) is 4. The van der Waals surface area contributed by atoms with Crippen molar-refractivity contribution in [2.45, 2.75) is 0 Å². The fourth-order valence-corrected chi connectivity index (χ4v) is 1.62. The summed E-state index contributed by atoms with van der Waals surface area (Å²) in [6.07, 6.45) is 1.48. The van der Waals surface area contributed by atoms with Gasteiger partial charge in [0, 0.05) is 25.4 Å². The van der Waals surface area contributed by atoms with Gasteiger partial charge in [0.05, 0.1) is 12.8 Å². The smallest absolute Gasteiger partial charge is 0.271 e. The third-order valence-electron chi connectivity index (χ3n) is 2.59. The summed E-state index contributed by atoms with van der Waals surface area (Å²) in [6.45, 7) is 0. The van der Waals surface area contributed by atoms with E-state index in [1.165, 1.54) is 37.2 Å². The second-order valence-corrected chi connectivity index (χ2v) is 3.77. The lowest BCUT2D eigenvalue weighted by molar-refractivity contribution is 0.0957. The van der Waals surface area contributed by atoms with Crippen LogP contribution in [0.1, 0.15) is 10.5 Å². The van der Waals surface area contributed by atoms with Gasteiger partial charge >= 0.3 is 0 Å². The predicted molar refractivity (Wildman–Crippen MR) is 67.9 cm³/mol. The van der Waals surface area contributed by atoms with Gasteiger partial charge in [-0.05, 0) is 6.07 Å². The molecule has 2 rings (SSSR count). The normalized spacial score (nSPS) is 10.3. The number of nitrogen functional groups attached to an aromatic ring is 1. The number of methoxy groups -OCH3 is 1. The average molecular weight is 264 g/mol. The number of nitrogens with one attached hydrogen (secondary N) is 1. The molecule has 1 amide bonds. The monoisotopic (exact) mass is 264 g/mol. The highest BCUT2D eigenvalue weighted by molar-refractivity contribution is 5.91. The summed E-state index contributed by atoms with van der Waals surface area (Å²) in [7, 11) is 2.93. The van der Waals surface area contributed by atoms with Crippen LogP contribution < -0.4 is 15.8 Å². The molecule has 19 heavy (non-hydrogen) atoms. The van der Waals surface area contributed by atoms with Crippen LogP contribution in [0.2, 0.25) is 0 Å². The minimum absolute atomic E-state index is 0.154. The maximum Gasteiger partial charge on any atom is 0.271 e. The minimum Gasteiger partial charge on any atom is -0.495 e. The van der Waals surface area contributed by atoms with Crippen LogP contribution in [0.3, 0.4) is 0 Å². The lowest BCUT2D eigenvalue weighted by Gasteiger charge is -2.09. The maximum atomic E-state index is 13.8. The maximum absolute atomic E-state index is 13.8. The van der Waals surface area contributed by atoms with Gasteiger partial charge in [-0.2, -0.15) is 5.10 Å². The zero-order valence-electron chi connectivity index (χ0n) is 10.5. The molecular formula is C12H13FN4O2. The molecular weight excluding hydrogens is 251 g/mol. The van der Waals surface area contributed by atoms with Crippen molar-refractivity contribution < 1.29 is 13.9 Å². The highest BCUT2D eigenvalue weighted by Crippen LogP contribution is 2.27. The first-order valence-electron chi connectivity index (χ1n) is 5.48. The van der Waals surface area contributed by atoms with Crippen LogP contribution in [0.5, 0.6) is 5.75 Å². The molecule has 1 heterocycles. The van der Waals surface area contributed by atoms with Crippen molar-refractivity contribution in [1.29, 1.82) is 0 Å². The molecule has 0 aliphatic carbocycles. The topological polar surface area (TPSA) is 82.2 Å². The van der Waals surface area contributed by atoms with E-state index in [0.29, 0.717) is 5.75 Å². The first-order chi connectivity index (χ1) is 9.06. The number of anilines is 1. The van der Waals surface area contributed by atoms with Crippen LogP contribution in [0.15, 0.2) is 24.4 Å². The summed E-state index contributed by atoms with van der Waals surface area (Å²) >= 11 is 0. The molecule has 0 fully saturated rings. The number of carbonyl (C=O) groups is 1. The molecule has 0 spiro atoms. The second-order valence-electron chi connectivity index (χ2n) is 3.77. The summed E-state index contributed by atoms with van der Waals surface area (Å²) in [5, 5.41) is 6.42. The van der Waals surface area contributed by atoms with E-state index in [1.807, 2.05) is 0 Å². The quantitative estimate of drug-likeness (QED) is 0.809. The van der Waals surface area contributed by atoms with Gasteiger partial charge in [0.25, 0.3) is 5.91 Å². The van der Waals surface area contributed by atoms with E-state index in [2.05, 4.69) is 10.4 Å². The number of nitrogens with zero attached hydrogens (tertiary/aromatic N) is 2. The van der Waals surface area contributed by atoms with Crippen molar-refractivity contribution >= 4 is 11.6 Å². The Labute approximate surface area is 109 Å². The fraction of sp³-hybridized carbons (Fsp3) is 0.167. The SMILES string of the molecule is CNC(=O)c1ccn(-c2cc(OC)c(N)cc2F)n1. The van der Waals surface area contributed by atoms with Gasteiger partial charge in [-0.25, -0.2) is 9.07 Å². The molecule has 0 aliphatic heterocycles. The Kier molecular flexibility index (Phi) is 3.37. The molecule has 0 unspecified atom stereocenters. The number of rotatable bonds is 3. The van der Waals surface area contributed by atoms with Crippen LogP contribution in [0, 0.1) is 5.82 Å². The van der Waals surface area contributed by atoms with Gasteiger partial charge in [-0.3, -0.25) is 4.79 Å². The molecule has 3 N–H and O–H groups in total. The second kappa shape index (κ2) is 4.97. The first kappa shape index (κ1) is 12.9. The summed E-state index contributed by atoms with van der Waals surface area (Å²) in [6, 6.07) is 4.06. The fourth-order valence-electron chi connectivity index (χ4n) is 1.62. The van der Waals surface area contributed by atoms with Gasteiger partial charge in [-0.1, -0.05) is 0 Å². The number of benzene rings is 1. The zero-order valence-corrected chi connectivity index (χ0v) is 10.5. The van der Waals surface area contributed by atoms with Crippen LogP contribution in [-0.4, -0.2) is 29.8 Å². The predicted octanol–water partition coefficient (Wildman–Crippen LogP) is 0.962. The Bertz CT molecular complexity index is 624. The average Bonchev–Trinajstić information content (AvgIpc) is 2.87. The number of aromatic nitrogens is 2. The Hall–Kier alpha value is -2.57.